The molecule has 9 heteroatoms. The molecule has 2 heterocycles. The van der Waals surface area contributed by atoms with E-state index in [9.17, 15) is 18.0 Å². The maximum Gasteiger partial charge on any atom is 0.264 e. The number of benzene rings is 2. The van der Waals surface area contributed by atoms with E-state index in [0.29, 0.717) is 43.2 Å². The molecule has 1 aliphatic carbocycles. The summed E-state index contributed by atoms with van der Waals surface area (Å²) in [5.41, 5.74) is 3.24. The van der Waals surface area contributed by atoms with E-state index in [1.54, 1.807) is 37.3 Å². The van der Waals surface area contributed by atoms with E-state index in [4.69, 9.17) is 16.3 Å². The molecule has 2 aliphatic heterocycles. The molecule has 1 saturated carbocycles. The highest BCUT2D eigenvalue weighted by molar-refractivity contribution is 7.90. The number of nitrogens with zero attached hydrogens (tertiary/aromatic N) is 1. The predicted octanol–water partition coefficient (Wildman–Crippen LogP) is 5.85. The van der Waals surface area contributed by atoms with E-state index < -0.39 is 21.2 Å². The molecule has 2 aromatic rings. The molecule has 1 amide bonds. The Kier molecular flexibility index (Phi) is 8.86. The number of hydrogen-bond donors (Lipinski definition) is 1. The number of carbonyl (C=O) groups is 2. The van der Waals surface area contributed by atoms with Gasteiger partial charge in [0.25, 0.3) is 5.91 Å². The van der Waals surface area contributed by atoms with Crippen LogP contribution in [0.1, 0.15) is 73.4 Å². The minimum atomic E-state index is -3.89. The summed E-state index contributed by atoms with van der Waals surface area (Å²) in [5, 5.41) is -0.0282. The van der Waals surface area contributed by atoms with Gasteiger partial charge in [0.1, 0.15) is 12.4 Å². The van der Waals surface area contributed by atoms with E-state index in [0.717, 1.165) is 55.5 Å². The Morgan fingerprint density at radius 1 is 1.05 bits per heavy atom. The number of anilines is 1. The fraction of sp³-hybridized carbons (Fsp3) is 0.484. The molecule has 2 bridgehead atoms. The van der Waals surface area contributed by atoms with Crippen LogP contribution in [0.25, 0.3) is 0 Å². The molecule has 2 aromatic carbocycles. The monoisotopic (exact) mass is 584 g/mol. The summed E-state index contributed by atoms with van der Waals surface area (Å²) in [5.74, 6) is 0.255. The molecule has 0 radical (unpaired) electrons. The van der Waals surface area contributed by atoms with Gasteiger partial charge < -0.3 is 9.64 Å². The van der Waals surface area contributed by atoms with Gasteiger partial charge in [0.15, 0.2) is 5.78 Å². The van der Waals surface area contributed by atoms with Crippen LogP contribution in [0, 0.1) is 11.8 Å². The van der Waals surface area contributed by atoms with Crippen molar-refractivity contribution in [1.29, 1.82) is 0 Å². The lowest BCUT2D eigenvalue weighted by Crippen LogP contribution is -2.42. The Morgan fingerprint density at radius 2 is 1.90 bits per heavy atom. The number of nitrogens with one attached hydrogen (secondary N) is 1. The molecule has 0 spiro atoms. The second-order valence-corrected chi connectivity index (χ2v) is 13.5. The van der Waals surface area contributed by atoms with Crippen LogP contribution in [0.3, 0.4) is 0 Å². The Morgan fingerprint density at radius 3 is 2.67 bits per heavy atom. The van der Waals surface area contributed by atoms with Crippen molar-refractivity contribution < 1.29 is 22.7 Å². The third-order valence-corrected chi connectivity index (χ3v) is 10.7. The minimum Gasteiger partial charge on any atom is -0.487 e. The smallest absolute Gasteiger partial charge is 0.264 e. The van der Waals surface area contributed by atoms with Gasteiger partial charge in [-0.15, -0.1) is 0 Å². The number of allylic oxidation sites excluding steroid dienone is 2. The largest absolute Gasteiger partial charge is 0.487 e. The molecular weight excluding hydrogens is 548 g/mol. The molecule has 0 aromatic heterocycles. The van der Waals surface area contributed by atoms with Crippen LogP contribution in [0.4, 0.5) is 5.69 Å². The maximum atomic E-state index is 13.2. The summed E-state index contributed by atoms with van der Waals surface area (Å²) in [6.07, 6.45) is 9.15. The Balaban J connectivity index is 1.54. The average Bonchev–Trinajstić information content (AvgIpc) is 2.93. The fourth-order valence-corrected chi connectivity index (χ4v) is 7.60. The number of ketones is 1. The number of rotatable bonds is 1. The average molecular weight is 585 g/mol. The van der Waals surface area contributed by atoms with Gasteiger partial charge in [-0.3, -0.25) is 9.59 Å². The molecule has 40 heavy (non-hydrogen) atoms. The van der Waals surface area contributed by atoms with Crippen LogP contribution in [-0.4, -0.2) is 38.4 Å². The maximum absolute atomic E-state index is 13.2. The molecule has 3 aliphatic rings. The number of halogens is 1. The van der Waals surface area contributed by atoms with Crippen molar-refractivity contribution in [2.75, 3.05) is 18.0 Å². The summed E-state index contributed by atoms with van der Waals surface area (Å²) in [4.78, 5) is 28.5. The molecule has 1 N–H and O–H groups in total. The number of aryl methyl sites for hydroxylation is 1. The molecule has 214 valence electrons. The topological polar surface area (TPSA) is 92.8 Å². The van der Waals surface area contributed by atoms with Crippen LogP contribution in [0.2, 0.25) is 5.02 Å². The summed E-state index contributed by atoms with van der Waals surface area (Å²) in [7, 11) is -3.89. The van der Waals surface area contributed by atoms with Crippen molar-refractivity contribution in [2.45, 2.75) is 70.1 Å². The van der Waals surface area contributed by atoms with Crippen LogP contribution in [0.5, 0.6) is 5.75 Å². The molecule has 5 rings (SSSR count). The molecule has 7 nitrogen and oxygen atoms in total. The molecular formula is C31H37ClN2O5S. The van der Waals surface area contributed by atoms with Gasteiger partial charge in [-0.25, -0.2) is 13.1 Å². The first kappa shape index (κ1) is 28.7. The SMILES string of the molecule is CC[C@@H]1CC/C=C/C(=O)[C@@H]2CC[C@H]2CN2CCCCc3cc(Cl)ccc3COc3ccc(cc32)C(=O)NS1(=O)=O. The molecule has 3 atom stereocenters. The van der Waals surface area contributed by atoms with E-state index in [1.807, 2.05) is 18.2 Å². The highest BCUT2D eigenvalue weighted by Crippen LogP contribution is 2.39. The second-order valence-electron chi connectivity index (χ2n) is 11.1. The third kappa shape index (κ3) is 6.39. The number of fused-ring (bicyclic) bond motifs is 3. The summed E-state index contributed by atoms with van der Waals surface area (Å²) < 4.78 is 34.8. The number of sulfonamides is 1. The fourth-order valence-electron chi connectivity index (χ4n) is 5.98. The number of amides is 1. The first-order chi connectivity index (χ1) is 19.2. The van der Waals surface area contributed by atoms with Gasteiger partial charge in [-0.1, -0.05) is 30.7 Å². The van der Waals surface area contributed by atoms with Gasteiger partial charge in [-0.2, -0.15) is 0 Å². The minimum absolute atomic E-state index is 0.0460. The second kappa shape index (κ2) is 12.4. The number of carbonyl (C=O) groups excluding carboxylic acids is 2. The van der Waals surface area contributed by atoms with Gasteiger partial charge >= 0.3 is 0 Å². The van der Waals surface area contributed by atoms with E-state index in [-0.39, 0.29) is 23.2 Å². The Bertz CT molecular complexity index is 1410. The van der Waals surface area contributed by atoms with Crippen molar-refractivity contribution in [3.05, 3.63) is 70.3 Å². The molecule has 1 fully saturated rings. The van der Waals surface area contributed by atoms with Crippen molar-refractivity contribution in [2.24, 2.45) is 11.8 Å². The van der Waals surface area contributed by atoms with Crippen molar-refractivity contribution in [3.63, 3.8) is 0 Å². The van der Waals surface area contributed by atoms with Crippen molar-refractivity contribution in [1.82, 2.24) is 4.72 Å². The van der Waals surface area contributed by atoms with Crippen LogP contribution in [0.15, 0.2) is 48.6 Å². The normalized spacial score (nSPS) is 26.1. The lowest BCUT2D eigenvalue weighted by atomic mass is 9.71. The van der Waals surface area contributed by atoms with Crippen molar-refractivity contribution >= 4 is 39.0 Å². The highest BCUT2D eigenvalue weighted by atomic mass is 35.5. The van der Waals surface area contributed by atoms with Gasteiger partial charge in [0.2, 0.25) is 10.0 Å². The Hall–Kier alpha value is -2.84. The quantitative estimate of drug-likeness (QED) is 0.452. The van der Waals surface area contributed by atoms with Gasteiger partial charge in [0, 0.05) is 29.6 Å². The summed E-state index contributed by atoms with van der Waals surface area (Å²) in [6.45, 7) is 3.53. The van der Waals surface area contributed by atoms with Crippen molar-refractivity contribution in [3.8, 4) is 5.75 Å². The first-order valence-corrected chi connectivity index (χ1v) is 16.2. The van der Waals surface area contributed by atoms with E-state index in [1.165, 1.54) is 0 Å². The molecule has 0 saturated heterocycles. The van der Waals surface area contributed by atoms with Crippen LogP contribution < -0.4 is 14.4 Å². The number of ether oxygens (including phenoxy) is 1. The van der Waals surface area contributed by atoms with Gasteiger partial charge in [-0.05, 0) is 105 Å². The molecule has 0 unspecified atom stereocenters. The lowest BCUT2D eigenvalue weighted by molar-refractivity contribution is -0.122. The lowest BCUT2D eigenvalue weighted by Gasteiger charge is -2.40. The summed E-state index contributed by atoms with van der Waals surface area (Å²) in [6, 6.07) is 11.0. The number of hydrogen-bond acceptors (Lipinski definition) is 6. The van der Waals surface area contributed by atoms with E-state index in [2.05, 4.69) is 9.62 Å². The standard InChI is InChI=1S/C31H37ClN2O5S/c1-2-26-8-3-4-9-29(35)27-14-11-23(27)19-34-16-6-5-7-21-17-25(32)13-10-24(21)20-39-30-15-12-22(18-28(30)34)31(36)33-40(26,37)38/h4,9-10,12-13,15,17-18,23,26-27H,2-3,5-8,11,14,16,19-20H2,1H3,(H,33,36)/b9-4+/t23-,26+,27+/m0/s1. The zero-order valence-corrected chi connectivity index (χ0v) is 24.5. The van der Waals surface area contributed by atoms with Crippen LogP contribution >= 0.6 is 11.6 Å². The Labute approximate surface area is 242 Å². The van der Waals surface area contributed by atoms with Crippen LogP contribution in [-0.2, 0) is 27.8 Å². The van der Waals surface area contributed by atoms with E-state index >= 15 is 0 Å². The first-order valence-electron chi connectivity index (χ1n) is 14.3. The zero-order chi connectivity index (χ0) is 28.3. The predicted molar refractivity (Wildman–Crippen MR) is 157 cm³/mol. The third-order valence-electron chi connectivity index (χ3n) is 8.54. The summed E-state index contributed by atoms with van der Waals surface area (Å²) >= 11 is 6.28. The zero-order valence-electron chi connectivity index (χ0n) is 22.9. The van der Waals surface area contributed by atoms with Gasteiger partial charge in [0.05, 0.1) is 10.9 Å². The highest BCUT2D eigenvalue weighted by Gasteiger charge is 2.37.